The number of nitrogens with one attached hydrogen (secondary N) is 3. The highest BCUT2D eigenvalue weighted by Crippen LogP contribution is 2.29. The van der Waals surface area contributed by atoms with Gasteiger partial charge in [-0.25, -0.2) is 0 Å². The molecule has 2 aromatic heterocycles. The van der Waals surface area contributed by atoms with Gasteiger partial charge in [0.25, 0.3) is 0 Å². The Labute approximate surface area is 141 Å². The van der Waals surface area contributed by atoms with Crippen molar-refractivity contribution < 1.29 is 0 Å². The van der Waals surface area contributed by atoms with Crippen molar-refractivity contribution in [2.75, 3.05) is 5.32 Å². The first kappa shape index (κ1) is 14.1. The molecule has 4 nitrogen and oxygen atoms in total. The van der Waals surface area contributed by atoms with Crippen molar-refractivity contribution in [1.29, 1.82) is 0 Å². The Morgan fingerprint density at radius 1 is 1.00 bits per heavy atom. The molecule has 2 saturated heterocycles. The third-order valence-corrected chi connectivity index (χ3v) is 5.46. The molecular formula is C20H22N4. The Kier molecular flexibility index (Phi) is 3.30. The second-order valence-electron chi connectivity index (χ2n) is 7.16. The van der Waals surface area contributed by atoms with Gasteiger partial charge in [-0.15, -0.1) is 0 Å². The molecular weight excluding hydrogens is 296 g/mol. The van der Waals surface area contributed by atoms with Crippen LogP contribution in [0.4, 0.5) is 5.69 Å². The fourth-order valence-electron chi connectivity index (χ4n) is 4.27. The predicted octanol–water partition coefficient (Wildman–Crippen LogP) is 3.92. The molecule has 2 unspecified atom stereocenters. The number of piperidine rings is 1. The van der Waals surface area contributed by atoms with Gasteiger partial charge in [0.05, 0.1) is 17.6 Å². The Balaban J connectivity index is 1.33. The standard InChI is InChI=1S/C20H22N4/c1-5-19-14(7-8-21-19)9-13(1)20-6-4-17(12-22-20)24-18-10-15-2-3-16(11-18)23-15/h1,4-9,12,15-16,18,21,23-24H,2-3,10-11H2. The topological polar surface area (TPSA) is 52.7 Å². The monoisotopic (exact) mass is 318 g/mol. The Hall–Kier alpha value is -2.33. The van der Waals surface area contributed by atoms with Crippen LogP contribution in [-0.2, 0) is 0 Å². The van der Waals surface area contributed by atoms with Crippen LogP contribution in [0.5, 0.6) is 0 Å². The number of anilines is 1. The van der Waals surface area contributed by atoms with Crippen LogP contribution in [0.2, 0.25) is 0 Å². The minimum atomic E-state index is 0.576. The summed E-state index contributed by atoms with van der Waals surface area (Å²) in [6, 6.07) is 14.8. The number of aromatic nitrogens is 2. The molecule has 0 amide bonds. The van der Waals surface area contributed by atoms with Crippen LogP contribution in [0.3, 0.4) is 0 Å². The van der Waals surface area contributed by atoms with Gasteiger partial charge in [-0.2, -0.15) is 0 Å². The first-order valence-electron chi connectivity index (χ1n) is 8.90. The Bertz CT molecular complexity index is 839. The summed E-state index contributed by atoms with van der Waals surface area (Å²) in [5, 5.41) is 8.59. The highest BCUT2D eigenvalue weighted by Gasteiger charge is 2.33. The van der Waals surface area contributed by atoms with Crippen molar-refractivity contribution in [3.8, 4) is 11.3 Å². The average molecular weight is 318 g/mol. The summed E-state index contributed by atoms with van der Waals surface area (Å²) in [4.78, 5) is 7.90. The summed E-state index contributed by atoms with van der Waals surface area (Å²) in [7, 11) is 0. The molecule has 4 heterocycles. The quantitative estimate of drug-likeness (QED) is 0.686. The van der Waals surface area contributed by atoms with Gasteiger partial charge < -0.3 is 15.6 Å². The van der Waals surface area contributed by atoms with Gasteiger partial charge in [-0.05, 0) is 56.0 Å². The number of nitrogens with zero attached hydrogens (tertiary/aromatic N) is 1. The second-order valence-corrected chi connectivity index (χ2v) is 7.16. The van der Waals surface area contributed by atoms with Gasteiger partial charge >= 0.3 is 0 Å². The molecule has 2 aliphatic rings. The molecule has 0 saturated carbocycles. The lowest BCUT2D eigenvalue weighted by Crippen LogP contribution is -2.43. The van der Waals surface area contributed by atoms with Crippen molar-refractivity contribution >= 4 is 16.6 Å². The van der Waals surface area contributed by atoms with Crippen LogP contribution in [0.15, 0.2) is 48.8 Å². The number of H-pyrrole nitrogens is 1. The van der Waals surface area contributed by atoms with Crippen LogP contribution in [0, 0.1) is 0 Å². The van der Waals surface area contributed by atoms with Gasteiger partial charge in [-0.1, -0.05) is 6.07 Å². The molecule has 122 valence electrons. The lowest BCUT2D eigenvalue weighted by atomic mass is 9.99. The van der Waals surface area contributed by atoms with Gasteiger partial charge in [0.2, 0.25) is 0 Å². The van der Waals surface area contributed by atoms with E-state index in [-0.39, 0.29) is 0 Å². The van der Waals surface area contributed by atoms with E-state index in [1.807, 2.05) is 12.4 Å². The minimum Gasteiger partial charge on any atom is -0.381 e. The van der Waals surface area contributed by atoms with Crippen molar-refractivity contribution in [3.05, 3.63) is 48.8 Å². The molecule has 2 fully saturated rings. The predicted molar refractivity (Wildman–Crippen MR) is 98.1 cm³/mol. The number of hydrogen-bond acceptors (Lipinski definition) is 3. The van der Waals surface area contributed by atoms with Crippen LogP contribution >= 0.6 is 0 Å². The number of hydrogen-bond donors (Lipinski definition) is 3. The second kappa shape index (κ2) is 5.64. The van der Waals surface area contributed by atoms with Crippen LogP contribution in [0.1, 0.15) is 25.7 Å². The smallest absolute Gasteiger partial charge is 0.0703 e. The summed E-state index contributed by atoms with van der Waals surface area (Å²) in [5.41, 5.74) is 4.48. The van der Waals surface area contributed by atoms with Crippen LogP contribution < -0.4 is 10.6 Å². The van der Waals surface area contributed by atoms with Gasteiger partial charge in [0, 0.05) is 40.8 Å². The largest absolute Gasteiger partial charge is 0.381 e. The molecule has 24 heavy (non-hydrogen) atoms. The van der Waals surface area contributed by atoms with Gasteiger partial charge in [-0.3, -0.25) is 4.98 Å². The number of benzene rings is 1. The molecule has 1 aromatic carbocycles. The first-order valence-corrected chi connectivity index (χ1v) is 8.90. The van der Waals surface area contributed by atoms with E-state index in [0.717, 1.165) is 22.5 Å². The lowest BCUT2D eigenvalue weighted by molar-refractivity contribution is 0.378. The van der Waals surface area contributed by atoms with E-state index in [2.05, 4.69) is 57.0 Å². The molecule has 4 heteroatoms. The summed E-state index contributed by atoms with van der Waals surface area (Å²) in [5.74, 6) is 0. The van der Waals surface area contributed by atoms with E-state index in [1.165, 1.54) is 31.1 Å². The molecule has 2 bridgehead atoms. The van der Waals surface area contributed by atoms with Gasteiger partial charge in [0.15, 0.2) is 0 Å². The molecule has 3 N–H and O–H groups in total. The molecule has 2 atom stereocenters. The normalized spacial score (nSPS) is 25.9. The van der Waals surface area contributed by atoms with E-state index in [9.17, 15) is 0 Å². The molecule has 0 aliphatic carbocycles. The Morgan fingerprint density at radius 3 is 2.67 bits per heavy atom. The molecule has 0 radical (unpaired) electrons. The highest BCUT2D eigenvalue weighted by molar-refractivity contribution is 5.84. The fraction of sp³-hybridized carbons (Fsp3) is 0.350. The van der Waals surface area contributed by atoms with Crippen LogP contribution in [-0.4, -0.2) is 28.1 Å². The SMILES string of the molecule is c1cc2cc(-c3ccc(NC4CC5CCC(C4)N5)cn3)ccc2[nH]1. The zero-order valence-corrected chi connectivity index (χ0v) is 13.6. The first-order chi connectivity index (χ1) is 11.8. The van der Waals surface area contributed by atoms with E-state index < -0.39 is 0 Å². The Morgan fingerprint density at radius 2 is 1.88 bits per heavy atom. The summed E-state index contributed by atoms with van der Waals surface area (Å²) >= 11 is 0. The van der Waals surface area contributed by atoms with Gasteiger partial charge in [0.1, 0.15) is 0 Å². The maximum absolute atomic E-state index is 4.67. The van der Waals surface area contributed by atoms with E-state index >= 15 is 0 Å². The third kappa shape index (κ3) is 2.57. The third-order valence-electron chi connectivity index (χ3n) is 5.46. The lowest BCUT2D eigenvalue weighted by Gasteiger charge is -2.30. The molecule has 0 spiro atoms. The minimum absolute atomic E-state index is 0.576. The number of fused-ring (bicyclic) bond motifs is 3. The summed E-state index contributed by atoms with van der Waals surface area (Å²) in [6.07, 6.45) is 9.07. The zero-order chi connectivity index (χ0) is 15.9. The molecule has 5 rings (SSSR count). The zero-order valence-electron chi connectivity index (χ0n) is 13.6. The van der Waals surface area contributed by atoms with Crippen molar-refractivity contribution in [1.82, 2.24) is 15.3 Å². The fourth-order valence-corrected chi connectivity index (χ4v) is 4.27. The highest BCUT2D eigenvalue weighted by atomic mass is 15.0. The number of rotatable bonds is 3. The summed E-state index contributed by atoms with van der Waals surface area (Å²) < 4.78 is 0. The van der Waals surface area contributed by atoms with Crippen molar-refractivity contribution in [2.45, 2.75) is 43.8 Å². The van der Waals surface area contributed by atoms with E-state index in [1.54, 1.807) is 0 Å². The number of pyridine rings is 1. The van der Waals surface area contributed by atoms with Crippen molar-refractivity contribution in [2.24, 2.45) is 0 Å². The molecule has 3 aromatic rings. The van der Waals surface area contributed by atoms with Crippen molar-refractivity contribution in [3.63, 3.8) is 0 Å². The van der Waals surface area contributed by atoms with Crippen LogP contribution in [0.25, 0.3) is 22.2 Å². The summed E-state index contributed by atoms with van der Waals surface area (Å²) in [6.45, 7) is 0. The average Bonchev–Trinajstić information content (AvgIpc) is 3.21. The molecule has 2 aliphatic heterocycles. The van der Waals surface area contributed by atoms with E-state index in [0.29, 0.717) is 18.1 Å². The van der Waals surface area contributed by atoms with E-state index in [4.69, 9.17) is 0 Å². The maximum Gasteiger partial charge on any atom is 0.0703 e. The maximum atomic E-state index is 4.67. The number of aromatic amines is 1.